The molecule has 4 rings (SSSR count). The molecule has 1 saturated heterocycles. The summed E-state index contributed by atoms with van der Waals surface area (Å²) >= 11 is 0. The van der Waals surface area contributed by atoms with E-state index in [-0.39, 0.29) is 11.9 Å². The van der Waals surface area contributed by atoms with E-state index in [0.29, 0.717) is 30.3 Å². The summed E-state index contributed by atoms with van der Waals surface area (Å²) in [6, 6.07) is 5.64. The minimum atomic E-state index is 0.0607. The summed E-state index contributed by atoms with van der Waals surface area (Å²) in [5.41, 5.74) is 1.80. The van der Waals surface area contributed by atoms with Gasteiger partial charge in [0.1, 0.15) is 13.2 Å². The molecule has 2 aliphatic rings. The van der Waals surface area contributed by atoms with Crippen LogP contribution in [-0.2, 0) is 6.54 Å². The van der Waals surface area contributed by atoms with Crippen molar-refractivity contribution in [3.8, 4) is 11.5 Å². The van der Waals surface area contributed by atoms with Crippen LogP contribution in [0.3, 0.4) is 0 Å². The number of carbonyl (C=O) groups is 1. The first-order chi connectivity index (χ1) is 12.2. The van der Waals surface area contributed by atoms with Crippen molar-refractivity contribution >= 4 is 5.91 Å². The maximum atomic E-state index is 13.1. The lowest BCUT2D eigenvalue weighted by atomic mass is 10.0. The topological polar surface area (TPSA) is 56.6 Å². The van der Waals surface area contributed by atoms with Gasteiger partial charge in [-0.2, -0.15) is 5.10 Å². The van der Waals surface area contributed by atoms with Crippen molar-refractivity contribution in [2.45, 2.75) is 38.8 Å². The van der Waals surface area contributed by atoms with E-state index >= 15 is 0 Å². The number of fused-ring (bicyclic) bond motifs is 1. The molecule has 1 aromatic heterocycles. The molecule has 1 amide bonds. The number of rotatable bonds is 3. The molecule has 132 valence electrons. The van der Waals surface area contributed by atoms with Gasteiger partial charge in [-0.3, -0.25) is 9.48 Å². The number of likely N-dealkylation sites (tertiary alicyclic amines) is 1. The highest BCUT2D eigenvalue weighted by atomic mass is 16.6. The molecule has 0 radical (unpaired) electrons. The molecule has 2 aliphatic heterocycles. The SMILES string of the molecule is Cc1cnn(C[C@H]2CCCCN2C(=O)c2ccc3c(c2)OCCO3)c1. The summed E-state index contributed by atoms with van der Waals surface area (Å²) in [5, 5.41) is 4.38. The lowest BCUT2D eigenvalue weighted by Gasteiger charge is -2.36. The average Bonchev–Trinajstić information content (AvgIpc) is 3.06. The van der Waals surface area contributed by atoms with Gasteiger partial charge in [-0.15, -0.1) is 0 Å². The van der Waals surface area contributed by atoms with Crippen molar-refractivity contribution < 1.29 is 14.3 Å². The quantitative estimate of drug-likeness (QED) is 0.861. The van der Waals surface area contributed by atoms with Crippen molar-refractivity contribution in [2.75, 3.05) is 19.8 Å². The Morgan fingerprint density at radius 3 is 2.88 bits per heavy atom. The van der Waals surface area contributed by atoms with E-state index in [9.17, 15) is 4.79 Å². The Balaban J connectivity index is 1.54. The maximum Gasteiger partial charge on any atom is 0.254 e. The number of aryl methyl sites for hydroxylation is 1. The number of amides is 1. The number of carbonyl (C=O) groups excluding carboxylic acids is 1. The minimum Gasteiger partial charge on any atom is -0.486 e. The number of hydrogen-bond acceptors (Lipinski definition) is 4. The summed E-state index contributed by atoms with van der Waals surface area (Å²) in [6.07, 6.45) is 7.09. The summed E-state index contributed by atoms with van der Waals surface area (Å²) in [6.45, 7) is 4.64. The molecule has 0 unspecified atom stereocenters. The summed E-state index contributed by atoms with van der Waals surface area (Å²) in [7, 11) is 0. The molecule has 1 atom stereocenters. The molecule has 3 heterocycles. The molecular formula is C19H23N3O3. The fraction of sp³-hybridized carbons (Fsp3) is 0.474. The zero-order valence-electron chi connectivity index (χ0n) is 14.5. The minimum absolute atomic E-state index is 0.0607. The van der Waals surface area contributed by atoms with Crippen molar-refractivity contribution in [1.82, 2.24) is 14.7 Å². The molecule has 1 aromatic carbocycles. The van der Waals surface area contributed by atoms with Gasteiger partial charge in [-0.25, -0.2) is 0 Å². The number of ether oxygens (including phenoxy) is 2. The highest BCUT2D eigenvalue weighted by Crippen LogP contribution is 2.32. The first kappa shape index (κ1) is 16.0. The van der Waals surface area contributed by atoms with Gasteiger partial charge in [0.25, 0.3) is 5.91 Å². The zero-order valence-corrected chi connectivity index (χ0v) is 14.5. The molecule has 2 aromatic rings. The van der Waals surface area contributed by atoms with Gasteiger partial charge >= 0.3 is 0 Å². The van der Waals surface area contributed by atoms with Gasteiger partial charge in [-0.1, -0.05) is 0 Å². The van der Waals surface area contributed by atoms with Crippen molar-refractivity contribution in [1.29, 1.82) is 0 Å². The predicted molar refractivity (Wildman–Crippen MR) is 93.1 cm³/mol. The number of piperidine rings is 1. The van der Waals surface area contributed by atoms with Gasteiger partial charge < -0.3 is 14.4 Å². The monoisotopic (exact) mass is 341 g/mol. The first-order valence-electron chi connectivity index (χ1n) is 8.90. The fourth-order valence-corrected chi connectivity index (χ4v) is 3.58. The second-order valence-corrected chi connectivity index (χ2v) is 6.75. The summed E-state index contributed by atoms with van der Waals surface area (Å²) in [5.74, 6) is 1.43. The van der Waals surface area contributed by atoms with Crippen LogP contribution < -0.4 is 9.47 Å². The predicted octanol–water partition coefficient (Wildman–Crippen LogP) is 2.66. The molecule has 1 fully saturated rings. The van der Waals surface area contributed by atoms with Crippen LogP contribution in [0, 0.1) is 6.92 Å². The second-order valence-electron chi connectivity index (χ2n) is 6.75. The number of benzene rings is 1. The van der Waals surface area contributed by atoms with E-state index in [1.165, 1.54) is 0 Å². The highest BCUT2D eigenvalue weighted by molar-refractivity contribution is 5.95. The fourth-order valence-electron chi connectivity index (χ4n) is 3.58. The average molecular weight is 341 g/mol. The molecule has 0 N–H and O–H groups in total. The number of nitrogens with zero attached hydrogens (tertiary/aromatic N) is 3. The third-order valence-corrected chi connectivity index (χ3v) is 4.84. The van der Waals surface area contributed by atoms with Crippen molar-refractivity contribution in [3.63, 3.8) is 0 Å². The molecule has 0 spiro atoms. The molecule has 0 saturated carbocycles. The normalized spacial score (nSPS) is 19.7. The van der Waals surface area contributed by atoms with E-state index in [1.54, 1.807) is 6.07 Å². The standard InChI is InChI=1S/C19H23N3O3/c1-14-11-20-21(12-14)13-16-4-2-3-7-22(16)19(23)15-5-6-17-18(10-15)25-9-8-24-17/h5-6,10-12,16H,2-4,7-9,13H2,1H3/t16-/m1/s1. The zero-order chi connectivity index (χ0) is 17.2. The van der Waals surface area contributed by atoms with Crippen molar-refractivity contribution in [2.24, 2.45) is 0 Å². The molecule has 0 aliphatic carbocycles. The summed E-state index contributed by atoms with van der Waals surface area (Å²) in [4.78, 5) is 15.1. The van der Waals surface area contributed by atoms with E-state index in [1.807, 2.05) is 41.0 Å². The summed E-state index contributed by atoms with van der Waals surface area (Å²) < 4.78 is 13.1. The Labute approximate surface area is 147 Å². The van der Waals surface area contributed by atoms with E-state index in [2.05, 4.69) is 5.10 Å². The Kier molecular flexibility index (Phi) is 4.34. The van der Waals surface area contributed by atoms with Gasteiger partial charge in [0, 0.05) is 18.3 Å². The number of aromatic nitrogens is 2. The van der Waals surface area contributed by atoms with Crippen LogP contribution >= 0.6 is 0 Å². The van der Waals surface area contributed by atoms with Gasteiger partial charge in [0.05, 0.1) is 18.8 Å². The second kappa shape index (κ2) is 6.78. The first-order valence-corrected chi connectivity index (χ1v) is 8.90. The maximum absolute atomic E-state index is 13.1. The Morgan fingerprint density at radius 2 is 2.08 bits per heavy atom. The number of hydrogen-bond donors (Lipinski definition) is 0. The van der Waals surface area contributed by atoms with Crippen molar-refractivity contribution in [3.05, 3.63) is 41.7 Å². The van der Waals surface area contributed by atoms with Crippen LogP contribution in [0.1, 0.15) is 35.2 Å². The molecule has 6 nitrogen and oxygen atoms in total. The Hall–Kier alpha value is -2.50. The van der Waals surface area contributed by atoms with Gasteiger partial charge in [0.15, 0.2) is 11.5 Å². The molecule has 25 heavy (non-hydrogen) atoms. The highest BCUT2D eigenvalue weighted by Gasteiger charge is 2.28. The van der Waals surface area contributed by atoms with Crippen LogP contribution in [0.25, 0.3) is 0 Å². The van der Waals surface area contributed by atoms with E-state index in [0.717, 1.165) is 37.9 Å². The van der Waals surface area contributed by atoms with E-state index < -0.39 is 0 Å². The molecule has 0 bridgehead atoms. The van der Waals surface area contributed by atoms with Crippen LogP contribution in [0.5, 0.6) is 11.5 Å². The van der Waals surface area contributed by atoms with Crippen LogP contribution in [0.2, 0.25) is 0 Å². The lowest BCUT2D eigenvalue weighted by Crippen LogP contribution is -2.46. The lowest BCUT2D eigenvalue weighted by molar-refractivity contribution is 0.0583. The largest absolute Gasteiger partial charge is 0.486 e. The third kappa shape index (κ3) is 3.34. The van der Waals surface area contributed by atoms with Crippen LogP contribution in [0.15, 0.2) is 30.6 Å². The Morgan fingerprint density at radius 1 is 1.24 bits per heavy atom. The third-order valence-electron chi connectivity index (χ3n) is 4.84. The van der Waals surface area contributed by atoms with Crippen LogP contribution in [0.4, 0.5) is 0 Å². The molecule has 6 heteroatoms. The van der Waals surface area contributed by atoms with Crippen LogP contribution in [-0.4, -0.2) is 46.4 Å². The van der Waals surface area contributed by atoms with E-state index in [4.69, 9.17) is 9.47 Å². The van der Waals surface area contributed by atoms with Gasteiger partial charge in [-0.05, 0) is 49.9 Å². The van der Waals surface area contributed by atoms with Gasteiger partial charge in [0.2, 0.25) is 0 Å². The Bertz CT molecular complexity index is 771. The molecular weight excluding hydrogens is 318 g/mol. The smallest absolute Gasteiger partial charge is 0.254 e.